The summed E-state index contributed by atoms with van der Waals surface area (Å²) in [5, 5.41) is 7.50. The van der Waals surface area contributed by atoms with Crippen molar-refractivity contribution < 1.29 is 0 Å². The predicted molar refractivity (Wildman–Crippen MR) is 86.5 cm³/mol. The van der Waals surface area contributed by atoms with E-state index in [0.29, 0.717) is 0 Å². The van der Waals surface area contributed by atoms with Crippen molar-refractivity contribution in [1.82, 2.24) is 9.97 Å². The Balaban J connectivity index is 2.02. The maximum Gasteiger partial charge on any atom is 0.127 e. The molecular formula is C15H13BrN4. The molecule has 0 radical (unpaired) electrons. The Bertz CT molecular complexity index is 758. The van der Waals surface area contributed by atoms with Crippen molar-refractivity contribution in [3.63, 3.8) is 0 Å². The zero-order chi connectivity index (χ0) is 13.9. The van der Waals surface area contributed by atoms with Crippen LogP contribution in [0.25, 0.3) is 10.9 Å². The maximum absolute atomic E-state index is 4.48. The van der Waals surface area contributed by atoms with Crippen molar-refractivity contribution in [1.29, 1.82) is 0 Å². The van der Waals surface area contributed by atoms with Gasteiger partial charge < -0.3 is 10.6 Å². The van der Waals surface area contributed by atoms with Gasteiger partial charge in [0.2, 0.25) is 0 Å². The van der Waals surface area contributed by atoms with E-state index in [1.54, 1.807) is 12.4 Å². The van der Waals surface area contributed by atoms with Gasteiger partial charge in [-0.25, -0.2) is 4.98 Å². The highest BCUT2D eigenvalue weighted by Gasteiger charge is 2.04. The van der Waals surface area contributed by atoms with E-state index in [1.807, 2.05) is 37.4 Å². The molecule has 3 aromatic rings. The van der Waals surface area contributed by atoms with Crippen LogP contribution < -0.4 is 10.6 Å². The minimum absolute atomic E-state index is 0.825. The number of anilines is 3. The monoisotopic (exact) mass is 328 g/mol. The molecule has 0 bridgehead atoms. The summed E-state index contributed by atoms with van der Waals surface area (Å²) < 4.78 is 0.975. The van der Waals surface area contributed by atoms with Gasteiger partial charge in [-0.2, -0.15) is 0 Å². The van der Waals surface area contributed by atoms with Gasteiger partial charge in [-0.3, -0.25) is 4.98 Å². The molecule has 2 heterocycles. The van der Waals surface area contributed by atoms with E-state index < -0.39 is 0 Å². The number of aromatic nitrogens is 2. The largest absolute Gasteiger partial charge is 0.373 e. The molecule has 5 heteroatoms. The Morgan fingerprint density at radius 1 is 1.10 bits per heavy atom. The molecule has 100 valence electrons. The molecule has 0 atom stereocenters. The molecule has 0 amide bonds. The molecule has 2 N–H and O–H groups in total. The van der Waals surface area contributed by atoms with E-state index in [2.05, 4.69) is 42.6 Å². The number of pyridine rings is 2. The van der Waals surface area contributed by atoms with E-state index in [4.69, 9.17) is 0 Å². The molecule has 0 unspecified atom stereocenters. The molecule has 1 aromatic carbocycles. The fraction of sp³-hybridized carbons (Fsp3) is 0.0667. The van der Waals surface area contributed by atoms with Gasteiger partial charge in [-0.05, 0) is 34.1 Å². The molecule has 0 saturated carbocycles. The topological polar surface area (TPSA) is 49.8 Å². The average Bonchev–Trinajstić information content (AvgIpc) is 2.47. The van der Waals surface area contributed by atoms with Gasteiger partial charge in [-0.15, -0.1) is 0 Å². The first-order valence-corrected chi connectivity index (χ1v) is 7.00. The van der Waals surface area contributed by atoms with Crippen molar-refractivity contribution in [3.05, 3.63) is 53.3 Å². The Morgan fingerprint density at radius 3 is 2.85 bits per heavy atom. The second-order valence-electron chi connectivity index (χ2n) is 4.34. The Morgan fingerprint density at radius 2 is 2.00 bits per heavy atom. The van der Waals surface area contributed by atoms with Gasteiger partial charge in [0.05, 0.1) is 11.2 Å². The van der Waals surface area contributed by atoms with Crippen LogP contribution in [0, 0.1) is 0 Å². The third kappa shape index (κ3) is 2.58. The summed E-state index contributed by atoms with van der Waals surface area (Å²) in [5.41, 5.74) is 2.89. The number of nitrogens with one attached hydrogen (secondary N) is 2. The average molecular weight is 329 g/mol. The lowest BCUT2D eigenvalue weighted by atomic mass is 10.2. The minimum atomic E-state index is 0.825. The van der Waals surface area contributed by atoms with Gasteiger partial charge >= 0.3 is 0 Å². The maximum atomic E-state index is 4.48. The van der Waals surface area contributed by atoms with Crippen LogP contribution in [0.4, 0.5) is 17.2 Å². The highest BCUT2D eigenvalue weighted by Crippen LogP contribution is 2.27. The van der Waals surface area contributed by atoms with Crippen molar-refractivity contribution >= 4 is 44.0 Å². The number of benzene rings is 1. The van der Waals surface area contributed by atoms with Crippen LogP contribution in [-0.2, 0) is 0 Å². The second-order valence-corrected chi connectivity index (χ2v) is 5.25. The van der Waals surface area contributed by atoms with Gasteiger partial charge in [0, 0.05) is 41.1 Å². The van der Waals surface area contributed by atoms with Crippen LogP contribution in [0.1, 0.15) is 0 Å². The summed E-state index contributed by atoms with van der Waals surface area (Å²) in [6, 6.07) is 12.0. The van der Waals surface area contributed by atoms with Crippen LogP contribution in [-0.4, -0.2) is 17.0 Å². The van der Waals surface area contributed by atoms with E-state index in [0.717, 1.165) is 32.6 Å². The van der Waals surface area contributed by atoms with Crippen molar-refractivity contribution in [3.8, 4) is 0 Å². The van der Waals surface area contributed by atoms with Gasteiger partial charge in [-0.1, -0.05) is 12.1 Å². The first-order valence-electron chi connectivity index (χ1n) is 6.21. The third-order valence-electron chi connectivity index (χ3n) is 2.97. The number of hydrogen-bond acceptors (Lipinski definition) is 4. The molecule has 4 nitrogen and oxygen atoms in total. The zero-order valence-electron chi connectivity index (χ0n) is 10.9. The molecule has 0 spiro atoms. The molecule has 0 aliphatic heterocycles. The summed E-state index contributed by atoms with van der Waals surface area (Å²) in [6.07, 6.45) is 3.57. The molecule has 0 aliphatic carbocycles. The third-order valence-corrected chi connectivity index (χ3v) is 3.41. The molecule has 20 heavy (non-hydrogen) atoms. The molecule has 2 aromatic heterocycles. The summed E-state index contributed by atoms with van der Waals surface area (Å²) in [7, 11) is 1.85. The number of nitrogens with zero attached hydrogens (tertiary/aromatic N) is 2. The number of fused-ring (bicyclic) bond motifs is 1. The highest BCUT2D eigenvalue weighted by molar-refractivity contribution is 9.10. The fourth-order valence-electron chi connectivity index (χ4n) is 2.04. The normalized spacial score (nSPS) is 10.5. The Labute approximate surface area is 125 Å². The smallest absolute Gasteiger partial charge is 0.127 e. The molecule has 0 aliphatic rings. The Hall–Kier alpha value is -2.14. The van der Waals surface area contributed by atoms with Gasteiger partial charge in [0.15, 0.2) is 0 Å². The van der Waals surface area contributed by atoms with Crippen molar-refractivity contribution in [2.45, 2.75) is 0 Å². The molecule has 3 rings (SSSR count). The van der Waals surface area contributed by atoms with Gasteiger partial charge in [0.25, 0.3) is 0 Å². The van der Waals surface area contributed by atoms with E-state index in [1.165, 1.54) is 0 Å². The minimum Gasteiger partial charge on any atom is -0.373 e. The van der Waals surface area contributed by atoms with E-state index >= 15 is 0 Å². The first-order chi connectivity index (χ1) is 9.76. The van der Waals surface area contributed by atoms with E-state index in [9.17, 15) is 0 Å². The SMILES string of the molecule is CNc1cc(Nc2cccc3cc(Br)cnc23)ccn1. The lowest BCUT2D eigenvalue weighted by molar-refractivity contribution is 1.28. The molecule has 0 fully saturated rings. The Kier molecular flexibility index (Phi) is 3.52. The summed E-state index contributed by atoms with van der Waals surface area (Å²) in [5.74, 6) is 0.825. The zero-order valence-corrected chi connectivity index (χ0v) is 12.5. The van der Waals surface area contributed by atoms with Crippen LogP contribution in [0.5, 0.6) is 0 Å². The van der Waals surface area contributed by atoms with Crippen LogP contribution in [0.3, 0.4) is 0 Å². The summed E-state index contributed by atoms with van der Waals surface area (Å²) in [6.45, 7) is 0. The van der Waals surface area contributed by atoms with Crippen molar-refractivity contribution in [2.75, 3.05) is 17.7 Å². The number of rotatable bonds is 3. The summed E-state index contributed by atoms with van der Waals surface area (Å²) >= 11 is 3.44. The quantitative estimate of drug-likeness (QED) is 0.757. The molecular weight excluding hydrogens is 316 g/mol. The first kappa shape index (κ1) is 12.9. The lowest BCUT2D eigenvalue weighted by Crippen LogP contribution is -1.96. The predicted octanol–water partition coefficient (Wildman–Crippen LogP) is 4.18. The van der Waals surface area contributed by atoms with E-state index in [-0.39, 0.29) is 0 Å². The number of halogens is 1. The summed E-state index contributed by atoms with van der Waals surface area (Å²) in [4.78, 5) is 8.68. The standard InChI is InChI=1S/C15H13BrN4/c1-17-14-8-12(5-6-18-14)20-13-4-2-3-10-7-11(16)9-19-15(10)13/h2-9H,1H3,(H2,17,18,20). The van der Waals surface area contributed by atoms with Gasteiger partial charge in [0.1, 0.15) is 5.82 Å². The lowest BCUT2D eigenvalue weighted by Gasteiger charge is -2.10. The van der Waals surface area contributed by atoms with Crippen LogP contribution >= 0.6 is 15.9 Å². The van der Waals surface area contributed by atoms with Crippen LogP contribution in [0.2, 0.25) is 0 Å². The fourth-order valence-corrected chi connectivity index (χ4v) is 2.38. The van der Waals surface area contributed by atoms with Crippen LogP contribution in [0.15, 0.2) is 53.3 Å². The number of hydrogen-bond donors (Lipinski definition) is 2. The highest BCUT2D eigenvalue weighted by atomic mass is 79.9. The second kappa shape index (κ2) is 5.46. The molecule has 0 saturated heterocycles. The number of para-hydroxylation sites is 1. The van der Waals surface area contributed by atoms with Crippen molar-refractivity contribution in [2.24, 2.45) is 0 Å².